The predicted molar refractivity (Wildman–Crippen MR) is 70.3 cm³/mol. The van der Waals surface area contributed by atoms with Crippen LogP contribution in [-0.2, 0) is 11.3 Å². The van der Waals surface area contributed by atoms with Gasteiger partial charge in [-0.3, -0.25) is 4.79 Å². The van der Waals surface area contributed by atoms with Crippen LogP contribution in [-0.4, -0.2) is 25.2 Å². The quantitative estimate of drug-likeness (QED) is 0.800. The topological polar surface area (TPSA) is 64.3 Å². The molecule has 0 atom stereocenters. The van der Waals surface area contributed by atoms with Crippen LogP contribution >= 0.6 is 0 Å². The van der Waals surface area contributed by atoms with Gasteiger partial charge < -0.3 is 15.8 Å². The number of methoxy groups -OCH3 is 1. The first kappa shape index (κ1) is 13.1. The van der Waals surface area contributed by atoms with Gasteiger partial charge in [0.1, 0.15) is 0 Å². The van der Waals surface area contributed by atoms with Crippen molar-refractivity contribution in [2.24, 2.45) is 5.73 Å². The van der Waals surface area contributed by atoms with Crippen molar-refractivity contribution in [3.8, 4) is 0 Å². The third-order valence-corrected chi connectivity index (χ3v) is 3.69. The van der Waals surface area contributed by atoms with Crippen LogP contribution < -0.4 is 11.1 Å². The van der Waals surface area contributed by atoms with Crippen LogP contribution in [0.25, 0.3) is 0 Å². The molecule has 0 radical (unpaired) electrons. The van der Waals surface area contributed by atoms with E-state index in [1.54, 1.807) is 13.2 Å². The Morgan fingerprint density at radius 3 is 2.83 bits per heavy atom. The Morgan fingerprint density at radius 2 is 2.28 bits per heavy atom. The van der Waals surface area contributed by atoms with Gasteiger partial charge in [-0.25, -0.2) is 0 Å². The lowest BCUT2D eigenvalue weighted by Gasteiger charge is -2.40. The number of carbonyl (C=O) groups is 1. The molecule has 1 amide bonds. The molecular formula is C14H20N2O2. The second-order valence-electron chi connectivity index (χ2n) is 4.91. The van der Waals surface area contributed by atoms with Crippen molar-refractivity contribution in [1.29, 1.82) is 0 Å². The standard InChI is InChI=1S/C14H20N2O2/c1-18-14(6-3-7-14)10-16-9-11-4-2-5-12(8-11)13(15)17/h2,4-5,8,16H,3,6-7,9-10H2,1H3,(H2,15,17). The molecule has 1 fully saturated rings. The Hall–Kier alpha value is -1.39. The Balaban J connectivity index is 1.86. The van der Waals surface area contributed by atoms with Gasteiger partial charge in [0.05, 0.1) is 5.60 Å². The summed E-state index contributed by atoms with van der Waals surface area (Å²) in [5.74, 6) is -0.385. The summed E-state index contributed by atoms with van der Waals surface area (Å²) >= 11 is 0. The molecule has 4 nitrogen and oxygen atoms in total. The summed E-state index contributed by atoms with van der Waals surface area (Å²) in [5.41, 5.74) is 6.90. The normalized spacial score (nSPS) is 17.2. The second-order valence-corrected chi connectivity index (χ2v) is 4.91. The Bertz CT molecular complexity index is 422. The smallest absolute Gasteiger partial charge is 0.248 e. The Labute approximate surface area is 108 Å². The molecule has 18 heavy (non-hydrogen) atoms. The van der Waals surface area contributed by atoms with E-state index in [1.165, 1.54) is 6.42 Å². The van der Waals surface area contributed by atoms with Crippen LogP contribution in [0.15, 0.2) is 24.3 Å². The van der Waals surface area contributed by atoms with Gasteiger partial charge in [0.2, 0.25) is 5.91 Å². The van der Waals surface area contributed by atoms with Crippen LogP contribution in [0.1, 0.15) is 35.2 Å². The molecule has 3 N–H and O–H groups in total. The van der Waals surface area contributed by atoms with E-state index in [1.807, 2.05) is 18.2 Å². The van der Waals surface area contributed by atoms with Gasteiger partial charge in [-0.05, 0) is 37.0 Å². The van der Waals surface area contributed by atoms with Crippen molar-refractivity contribution in [2.75, 3.05) is 13.7 Å². The molecular weight excluding hydrogens is 228 g/mol. The largest absolute Gasteiger partial charge is 0.377 e. The molecule has 2 rings (SSSR count). The molecule has 0 heterocycles. The third-order valence-electron chi connectivity index (χ3n) is 3.69. The number of primary amides is 1. The van der Waals surface area contributed by atoms with Crippen molar-refractivity contribution < 1.29 is 9.53 Å². The SMILES string of the molecule is COC1(CNCc2cccc(C(N)=O)c2)CCC1. The zero-order valence-electron chi connectivity index (χ0n) is 10.7. The van der Waals surface area contributed by atoms with Crippen molar-refractivity contribution >= 4 is 5.91 Å². The molecule has 1 aromatic rings. The summed E-state index contributed by atoms with van der Waals surface area (Å²) in [6.07, 6.45) is 3.49. The lowest BCUT2D eigenvalue weighted by atomic mass is 9.80. The molecule has 1 aliphatic rings. The van der Waals surface area contributed by atoms with Gasteiger partial charge in [-0.15, -0.1) is 0 Å². The van der Waals surface area contributed by atoms with E-state index < -0.39 is 0 Å². The number of rotatable bonds is 6. The average molecular weight is 248 g/mol. The van der Waals surface area contributed by atoms with E-state index in [0.717, 1.165) is 31.5 Å². The van der Waals surface area contributed by atoms with Gasteiger partial charge in [0.15, 0.2) is 0 Å². The van der Waals surface area contributed by atoms with Gasteiger partial charge in [0, 0.05) is 25.8 Å². The van der Waals surface area contributed by atoms with E-state index in [4.69, 9.17) is 10.5 Å². The minimum absolute atomic E-state index is 0.0291. The molecule has 0 unspecified atom stereocenters. The average Bonchev–Trinajstić information content (AvgIpc) is 2.33. The maximum absolute atomic E-state index is 11.1. The monoisotopic (exact) mass is 248 g/mol. The first-order valence-corrected chi connectivity index (χ1v) is 6.30. The van der Waals surface area contributed by atoms with Crippen LogP contribution in [0, 0.1) is 0 Å². The van der Waals surface area contributed by atoms with Crippen molar-refractivity contribution in [3.63, 3.8) is 0 Å². The van der Waals surface area contributed by atoms with Crippen LogP contribution in [0.5, 0.6) is 0 Å². The molecule has 4 heteroatoms. The van der Waals surface area contributed by atoms with Gasteiger partial charge in [-0.1, -0.05) is 12.1 Å². The number of nitrogens with one attached hydrogen (secondary N) is 1. The van der Waals surface area contributed by atoms with E-state index in [-0.39, 0.29) is 11.5 Å². The maximum Gasteiger partial charge on any atom is 0.248 e. The molecule has 1 saturated carbocycles. The van der Waals surface area contributed by atoms with E-state index in [9.17, 15) is 4.79 Å². The molecule has 0 aliphatic heterocycles. The zero-order valence-corrected chi connectivity index (χ0v) is 10.7. The molecule has 1 aliphatic carbocycles. The van der Waals surface area contributed by atoms with Crippen molar-refractivity contribution in [2.45, 2.75) is 31.4 Å². The Morgan fingerprint density at radius 1 is 1.50 bits per heavy atom. The predicted octanol–water partition coefficient (Wildman–Crippen LogP) is 1.44. The number of hydrogen-bond acceptors (Lipinski definition) is 3. The lowest BCUT2D eigenvalue weighted by Crippen LogP contribution is -2.47. The van der Waals surface area contributed by atoms with Crippen LogP contribution in [0.3, 0.4) is 0 Å². The first-order chi connectivity index (χ1) is 8.65. The van der Waals surface area contributed by atoms with E-state index in [0.29, 0.717) is 5.56 Å². The highest BCUT2D eigenvalue weighted by molar-refractivity contribution is 5.92. The molecule has 1 aromatic carbocycles. The fourth-order valence-electron chi connectivity index (χ4n) is 2.29. The van der Waals surface area contributed by atoms with E-state index >= 15 is 0 Å². The van der Waals surface area contributed by atoms with Gasteiger partial charge in [0.25, 0.3) is 0 Å². The number of ether oxygens (including phenoxy) is 1. The maximum atomic E-state index is 11.1. The number of benzene rings is 1. The third kappa shape index (κ3) is 2.89. The summed E-state index contributed by atoms with van der Waals surface area (Å²) in [7, 11) is 1.77. The minimum atomic E-state index is -0.385. The van der Waals surface area contributed by atoms with Gasteiger partial charge >= 0.3 is 0 Å². The first-order valence-electron chi connectivity index (χ1n) is 6.30. The summed E-state index contributed by atoms with van der Waals surface area (Å²) < 4.78 is 5.54. The van der Waals surface area contributed by atoms with Crippen LogP contribution in [0.2, 0.25) is 0 Å². The van der Waals surface area contributed by atoms with Crippen LogP contribution in [0.4, 0.5) is 0 Å². The zero-order chi connectivity index (χ0) is 13.0. The Kier molecular flexibility index (Phi) is 3.99. The van der Waals surface area contributed by atoms with E-state index in [2.05, 4.69) is 5.32 Å². The second kappa shape index (κ2) is 5.50. The summed E-state index contributed by atoms with van der Waals surface area (Å²) in [4.78, 5) is 11.1. The number of carbonyl (C=O) groups excluding carboxylic acids is 1. The molecule has 0 aromatic heterocycles. The molecule has 98 valence electrons. The molecule has 0 bridgehead atoms. The highest BCUT2D eigenvalue weighted by Crippen LogP contribution is 2.34. The number of amides is 1. The summed E-state index contributed by atoms with van der Waals surface area (Å²) in [5, 5.41) is 3.38. The number of nitrogens with two attached hydrogens (primary N) is 1. The lowest BCUT2D eigenvalue weighted by molar-refractivity contribution is -0.0695. The van der Waals surface area contributed by atoms with Crippen molar-refractivity contribution in [1.82, 2.24) is 5.32 Å². The molecule has 0 saturated heterocycles. The summed E-state index contributed by atoms with van der Waals surface area (Å²) in [6, 6.07) is 7.40. The highest BCUT2D eigenvalue weighted by Gasteiger charge is 2.36. The molecule has 0 spiro atoms. The minimum Gasteiger partial charge on any atom is -0.377 e. The van der Waals surface area contributed by atoms with Crippen molar-refractivity contribution in [3.05, 3.63) is 35.4 Å². The van der Waals surface area contributed by atoms with Gasteiger partial charge in [-0.2, -0.15) is 0 Å². The summed E-state index contributed by atoms with van der Waals surface area (Å²) in [6.45, 7) is 1.58. The highest BCUT2D eigenvalue weighted by atomic mass is 16.5. The fourth-order valence-corrected chi connectivity index (χ4v) is 2.29. The number of hydrogen-bond donors (Lipinski definition) is 2. The fraction of sp³-hybridized carbons (Fsp3) is 0.500.